The van der Waals surface area contributed by atoms with Gasteiger partial charge in [-0.15, -0.1) is 0 Å². The fraction of sp³-hybridized carbons (Fsp3) is 0.412. The molecule has 0 N–H and O–H groups in total. The van der Waals surface area contributed by atoms with Crippen molar-refractivity contribution >= 4 is 0 Å². The summed E-state index contributed by atoms with van der Waals surface area (Å²) in [5.41, 5.74) is 7.14. The molecular formula is C17H21Cl3Ti. The van der Waals surface area contributed by atoms with E-state index in [4.69, 9.17) is 0 Å². The van der Waals surface area contributed by atoms with Crippen LogP contribution >= 0.6 is 0 Å². The monoisotopic (exact) mass is 378 g/mol. The standard InChI is InChI=1S/C17H21.3ClH.Ti/c1-12-10-11-16(14(3)13(12)2)17(4,5)15-8-6-7-9-15;;;;/h6-7,10-11H,8H2,1-5H3;3*1H;/q-1;;;;+4/p-3. The second-order valence-corrected chi connectivity index (χ2v) is 5.53. The Morgan fingerprint density at radius 1 is 0.952 bits per heavy atom. The number of aryl methyl sites for hydroxylation is 1. The molecule has 0 radical (unpaired) electrons. The van der Waals surface area contributed by atoms with Crippen molar-refractivity contribution in [3.8, 4) is 0 Å². The van der Waals surface area contributed by atoms with Gasteiger partial charge in [0.05, 0.1) is 0 Å². The van der Waals surface area contributed by atoms with Crippen LogP contribution in [0.5, 0.6) is 0 Å². The number of halogens is 3. The Bertz CT molecular complexity index is 517. The third-order valence-electron chi connectivity index (χ3n) is 4.18. The van der Waals surface area contributed by atoms with Crippen molar-refractivity contribution in [3.63, 3.8) is 0 Å². The molecule has 1 aromatic carbocycles. The predicted octanol–water partition coefficient (Wildman–Crippen LogP) is -4.41. The van der Waals surface area contributed by atoms with Crippen molar-refractivity contribution in [1.82, 2.24) is 0 Å². The van der Waals surface area contributed by atoms with Gasteiger partial charge in [0.2, 0.25) is 0 Å². The summed E-state index contributed by atoms with van der Waals surface area (Å²) in [6, 6.07) is 4.52. The minimum atomic E-state index is 0. The topological polar surface area (TPSA) is 0 Å². The van der Waals surface area contributed by atoms with Crippen molar-refractivity contribution in [2.24, 2.45) is 0 Å². The zero-order valence-electron chi connectivity index (χ0n) is 13.2. The molecule has 0 aromatic heterocycles. The van der Waals surface area contributed by atoms with Crippen LogP contribution in [0, 0.1) is 26.8 Å². The molecule has 0 nitrogen and oxygen atoms in total. The van der Waals surface area contributed by atoms with Gasteiger partial charge in [-0.3, -0.25) is 6.08 Å². The molecule has 4 heteroatoms. The molecule has 21 heavy (non-hydrogen) atoms. The summed E-state index contributed by atoms with van der Waals surface area (Å²) < 4.78 is 0. The summed E-state index contributed by atoms with van der Waals surface area (Å²) in [4.78, 5) is 0. The summed E-state index contributed by atoms with van der Waals surface area (Å²) >= 11 is 0. The van der Waals surface area contributed by atoms with Gasteiger partial charge in [-0.25, -0.2) is 12.2 Å². The van der Waals surface area contributed by atoms with E-state index < -0.39 is 0 Å². The van der Waals surface area contributed by atoms with Gasteiger partial charge in [-0.2, -0.15) is 5.57 Å². The van der Waals surface area contributed by atoms with Gasteiger partial charge in [0.15, 0.2) is 0 Å². The van der Waals surface area contributed by atoms with Gasteiger partial charge in [-0.1, -0.05) is 32.4 Å². The van der Waals surface area contributed by atoms with Gasteiger partial charge in [0.25, 0.3) is 0 Å². The summed E-state index contributed by atoms with van der Waals surface area (Å²) in [5.74, 6) is 0. The Morgan fingerprint density at radius 2 is 1.52 bits per heavy atom. The number of benzene rings is 1. The summed E-state index contributed by atoms with van der Waals surface area (Å²) in [6.45, 7) is 11.2. The van der Waals surface area contributed by atoms with Gasteiger partial charge in [-0.05, 0) is 48.4 Å². The molecular weight excluding hydrogens is 358 g/mol. The van der Waals surface area contributed by atoms with E-state index in [0.717, 1.165) is 6.42 Å². The van der Waals surface area contributed by atoms with Gasteiger partial charge in [0.1, 0.15) is 0 Å². The van der Waals surface area contributed by atoms with Crippen LogP contribution in [0.2, 0.25) is 0 Å². The van der Waals surface area contributed by atoms with E-state index in [-0.39, 0.29) is 64.4 Å². The van der Waals surface area contributed by atoms with E-state index in [0.29, 0.717) is 0 Å². The first-order valence-electron chi connectivity index (χ1n) is 6.29. The van der Waals surface area contributed by atoms with E-state index in [9.17, 15) is 0 Å². The van der Waals surface area contributed by atoms with E-state index in [1.165, 1.54) is 27.8 Å². The number of rotatable bonds is 2. The average Bonchev–Trinajstić information content (AvgIpc) is 2.79. The molecule has 0 heterocycles. The molecule has 114 valence electrons. The maximum Gasteiger partial charge on any atom is 4.00 e. The molecule has 0 saturated carbocycles. The first kappa shape index (κ1) is 26.2. The van der Waals surface area contributed by atoms with Crippen molar-refractivity contribution < 1.29 is 58.9 Å². The van der Waals surface area contributed by atoms with Crippen LogP contribution in [-0.4, -0.2) is 0 Å². The van der Waals surface area contributed by atoms with Gasteiger partial charge < -0.3 is 37.2 Å². The van der Waals surface area contributed by atoms with E-state index in [1.807, 2.05) is 6.08 Å². The Hall–Kier alpha value is 0.284. The second-order valence-electron chi connectivity index (χ2n) is 5.53. The van der Waals surface area contributed by atoms with Crippen LogP contribution in [0.15, 0.2) is 29.9 Å². The van der Waals surface area contributed by atoms with Crippen LogP contribution < -0.4 is 37.2 Å². The van der Waals surface area contributed by atoms with Gasteiger partial charge in [0, 0.05) is 0 Å². The first-order valence-corrected chi connectivity index (χ1v) is 6.29. The number of hydrogen-bond acceptors (Lipinski definition) is 0. The Balaban J connectivity index is -0.000000810. The minimum Gasteiger partial charge on any atom is -1.00 e. The minimum absolute atomic E-state index is 0. The molecule has 0 spiro atoms. The largest absolute Gasteiger partial charge is 4.00 e. The third-order valence-corrected chi connectivity index (χ3v) is 4.18. The fourth-order valence-corrected chi connectivity index (χ4v) is 2.63. The van der Waals surface area contributed by atoms with E-state index in [2.05, 4.69) is 58.9 Å². The fourth-order valence-electron chi connectivity index (χ4n) is 2.63. The maximum absolute atomic E-state index is 3.39. The predicted molar refractivity (Wildman–Crippen MR) is 74.2 cm³/mol. The molecule has 0 bridgehead atoms. The normalized spacial score (nSPS) is 12.3. The van der Waals surface area contributed by atoms with E-state index in [1.54, 1.807) is 0 Å². The van der Waals surface area contributed by atoms with Crippen LogP contribution in [0.4, 0.5) is 0 Å². The molecule has 1 aliphatic rings. The van der Waals surface area contributed by atoms with Crippen molar-refractivity contribution in [1.29, 1.82) is 0 Å². The molecule has 2 rings (SSSR count). The van der Waals surface area contributed by atoms with Crippen LogP contribution in [-0.2, 0) is 27.1 Å². The molecule has 1 aliphatic carbocycles. The van der Waals surface area contributed by atoms with Crippen LogP contribution in [0.1, 0.15) is 42.5 Å². The molecule has 0 aliphatic heterocycles. The average molecular weight is 380 g/mol. The zero-order valence-corrected chi connectivity index (χ0v) is 17.0. The van der Waals surface area contributed by atoms with Crippen LogP contribution in [0.3, 0.4) is 0 Å². The number of hydrogen-bond donors (Lipinski definition) is 0. The number of allylic oxidation sites excluding steroid dienone is 4. The summed E-state index contributed by atoms with van der Waals surface area (Å²) in [5, 5.41) is 0. The Morgan fingerprint density at radius 3 is 2.00 bits per heavy atom. The van der Waals surface area contributed by atoms with Crippen molar-refractivity contribution in [2.45, 2.75) is 46.5 Å². The Kier molecular flexibility index (Phi) is 12.6. The molecule has 0 atom stereocenters. The Labute approximate surface area is 163 Å². The van der Waals surface area contributed by atoms with Crippen LogP contribution in [0.25, 0.3) is 0 Å². The third kappa shape index (κ3) is 5.15. The molecule has 0 saturated heterocycles. The molecule has 0 unspecified atom stereocenters. The second kappa shape index (κ2) is 10.1. The summed E-state index contributed by atoms with van der Waals surface area (Å²) in [6.07, 6.45) is 8.67. The smallest absolute Gasteiger partial charge is 1.00 e. The quantitative estimate of drug-likeness (QED) is 0.360. The molecule has 0 amide bonds. The molecule has 1 aromatic rings. The van der Waals surface area contributed by atoms with Crippen molar-refractivity contribution in [3.05, 3.63) is 58.2 Å². The van der Waals surface area contributed by atoms with Gasteiger partial charge >= 0.3 is 21.7 Å². The van der Waals surface area contributed by atoms with Crippen molar-refractivity contribution in [2.75, 3.05) is 0 Å². The summed E-state index contributed by atoms with van der Waals surface area (Å²) in [7, 11) is 0. The first-order chi connectivity index (χ1) is 7.94. The SMILES string of the molecule is Cc1ccc(C(C)(C)C2=[C-]C=CC2)c(C)c1C.[Cl-].[Cl-].[Cl-].[Ti+4]. The maximum atomic E-state index is 3.39. The molecule has 0 fully saturated rings. The van der Waals surface area contributed by atoms with E-state index >= 15 is 0 Å². The zero-order chi connectivity index (χ0) is 12.6.